The first kappa shape index (κ1) is 20.8. The Labute approximate surface area is 181 Å². The number of alkyl halides is 1. The summed E-state index contributed by atoms with van der Waals surface area (Å²) in [7, 11) is 3.08. The summed E-state index contributed by atoms with van der Waals surface area (Å²) in [4.78, 5) is 11.6. The zero-order valence-corrected chi connectivity index (χ0v) is 17.9. The van der Waals surface area contributed by atoms with Gasteiger partial charge in [-0.25, -0.2) is 0 Å². The smallest absolute Gasteiger partial charge is 0.239 e. The van der Waals surface area contributed by atoms with Gasteiger partial charge in [0.1, 0.15) is 23.3 Å². The molecule has 2 aromatic carbocycles. The highest BCUT2D eigenvalue weighted by Crippen LogP contribution is 2.46. The van der Waals surface area contributed by atoms with Crippen molar-refractivity contribution in [2.24, 2.45) is 5.73 Å². The van der Waals surface area contributed by atoms with Crippen LogP contribution in [-0.4, -0.2) is 26.0 Å². The van der Waals surface area contributed by atoms with Gasteiger partial charge in [-0.2, -0.15) is 5.26 Å². The number of rotatable bonds is 5. The van der Waals surface area contributed by atoms with Gasteiger partial charge in [0.25, 0.3) is 0 Å². The molecule has 1 aliphatic rings. The minimum absolute atomic E-state index is 0.00303. The summed E-state index contributed by atoms with van der Waals surface area (Å²) in [5, 5.41) is 12.4. The number of anilines is 1. The van der Waals surface area contributed by atoms with E-state index in [1.165, 1.54) is 7.11 Å². The molecule has 1 unspecified atom stereocenters. The van der Waals surface area contributed by atoms with Crippen LogP contribution in [0.1, 0.15) is 17.0 Å². The fraction of sp³-hybridized carbons (Fsp3) is 0.200. The maximum atomic E-state index is 11.6. The van der Waals surface area contributed by atoms with E-state index >= 15 is 0 Å². The largest absolute Gasteiger partial charge is 0.493 e. The van der Waals surface area contributed by atoms with E-state index in [1.54, 1.807) is 31.4 Å². The Kier molecular flexibility index (Phi) is 6.20. The fourth-order valence-corrected chi connectivity index (χ4v) is 3.86. The number of fused-ring (bicyclic) bond motifs is 1. The summed E-state index contributed by atoms with van der Waals surface area (Å²) in [6.07, 6.45) is 0. The lowest BCUT2D eigenvalue weighted by Crippen LogP contribution is -2.21. The number of nitrogens with zero attached hydrogens (tertiary/aromatic N) is 1. The standard InChI is InChI=1S/C20H17BrClN3O4/c1-27-16-6-10(5-14(21)19(16)28-2)18-12-4-3-11(25-17(26)8-22)7-15(12)29-20(24)13(18)9-23/h3-7,18H,8,24H2,1-2H3,(H,25,26). The molecule has 0 radical (unpaired) electrons. The summed E-state index contributed by atoms with van der Waals surface area (Å²) in [5.74, 6) is 0.481. The van der Waals surface area contributed by atoms with Crippen molar-refractivity contribution in [3.63, 3.8) is 0 Å². The first-order valence-electron chi connectivity index (χ1n) is 8.42. The lowest BCUT2D eigenvalue weighted by Gasteiger charge is -2.27. The van der Waals surface area contributed by atoms with E-state index in [4.69, 9.17) is 31.5 Å². The topological polar surface area (TPSA) is 107 Å². The van der Waals surface area contributed by atoms with Crippen LogP contribution in [0.4, 0.5) is 5.69 Å². The van der Waals surface area contributed by atoms with Crippen molar-refractivity contribution in [3.8, 4) is 23.3 Å². The molecule has 0 aromatic heterocycles. The summed E-state index contributed by atoms with van der Waals surface area (Å²) in [6.45, 7) is 0. The van der Waals surface area contributed by atoms with Crippen molar-refractivity contribution < 1.29 is 19.0 Å². The predicted molar refractivity (Wildman–Crippen MR) is 112 cm³/mol. The Morgan fingerprint density at radius 1 is 1.34 bits per heavy atom. The van der Waals surface area contributed by atoms with Gasteiger partial charge in [0.2, 0.25) is 11.8 Å². The van der Waals surface area contributed by atoms with Crippen LogP contribution >= 0.6 is 27.5 Å². The Balaban J connectivity index is 2.15. The third-order valence-electron chi connectivity index (χ3n) is 4.41. The number of carbonyl (C=O) groups is 1. The molecule has 0 spiro atoms. The van der Waals surface area contributed by atoms with Crippen molar-refractivity contribution in [3.05, 3.63) is 57.4 Å². The van der Waals surface area contributed by atoms with Crippen LogP contribution < -0.4 is 25.3 Å². The highest BCUT2D eigenvalue weighted by Gasteiger charge is 2.32. The zero-order valence-electron chi connectivity index (χ0n) is 15.6. The van der Waals surface area contributed by atoms with Gasteiger partial charge in [-0.1, -0.05) is 6.07 Å². The van der Waals surface area contributed by atoms with E-state index in [0.29, 0.717) is 27.4 Å². The highest BCUT2D eigenvalue weighted by atomic mass is 79.9. The van der Waals surface area contributed by atoms with Crippen LogP contribution in [0, 0.1) is 11.3 Å². The van der Waals surface area contributed by atoms with Gasteiger partial charge in [0.15, 0.2) is 11.5 Å². The average Bonchev–Trinajstić information content (AvgIpc) is 2.71. The number of nitrogens with one attached hydrogen (secondary N) is 1. The maximum Gasteiger partial charge on any atom is 0.239 e. The SMILES string of the molecule is COc1cc(C2C(C#N)=C(N)Oc3cc(NC(=O)CCl)ccc32)cc(Br)c1OC. The summed E-state index contributed by atoms with van der Waals surface area (Å²) < 4.78 is 17.1. The normalized spacial score (nSPS) is 15.1. The predicted octanol–water partition coefficient (Wildman–Crippen LogP) is 3.86. The molecule has 3 rings (SSSR count). The van der Waals surface area contributed by atoms with Gasteiger partial charge in [0, 0.05) is 17.3 Å². The lowest BCUT2D eigenvalue weighted by atomic mass is 9.83. The fourth-order valence-electron chi connectivity index (χ4n) is 3.18. The van der Waals surface area contributed by atoms with Crippen molar-refractivity contribution >= 4 is 39.1 Å². The molecule has 3 N–H and O–H groups in total. The number of halogens is 2. The minimum atomic E-state index is -0.488. The van der Waals surface area contributed by atoms with Gasteiger partial charge in [-0.05, 0) is 39.7 Å². The number of nitriles is 1. The number of amides is 1. The summed E-state index contributed by atoms with van der Waals surface area (Å²) >= 11 is 9.03. The first-order valence-corrected chi connectivity index (χ1v) is 9.75. The van der Waals surface area contributed by atoms with Crippen molar-refractivity contribution in [1.82, 2.24) is 0 Å². The number of ether oxygens (including phenoxy) is 3. The van der Waals surface area contributed by atoms with E-state index in [1.807, 2.05) is 6.07 Å². The lowest BCUT2D eigenvalue weighted by molar-refractivity contribution is -0.113. The van der Waals surface area contributed by atoms with Crippen molar-refractivity contribution in [2.75, 3.05) is 25.4 Å². The van der Waals surface area contributed by atoms with Crippen molar-refractivity contribution in [2.45, 2.75) is 5.92 Å². The third-order valence-corrected chi connectivity index (χ3v) is 5.25. The second kappa shape index (κ2) is 8.64. The number of methoxy groups -OCH3 is 2. The van der Waals surface area contributed by atoms with Crippen LogP contribution in [0.15, 0.2) is 46.3 Å². The maximum absolute atomic E-state index is 11.6. The first-order chi connectivity index (χ1) is 13.9. The van der Waals surface area contributed by atoms with Crippen molar-refractivity contribution in [1.29, 1.82) is 5.26 Å². The molecular weight excluding hydrogens is 462 g/mol. The Hall–Kier alpha value is -2.89. The van der Waals surface area contributed by atoms with Gasteiger partial charge in [-0.3, -0.25) is 4.79 Å². The molecule has 0 saturated heterocycles. The second-order valence-corrected chi connectivity index (χ2v) is 7.22. The molecule has 1 amide bonds. The van der Waals surface area contributed by atoms with Crippen LogP contribution in [-0.2, 0) is 4.79 Å². The number of nitrogens with two attached hydrogens (primary N) is 1. The molecule has 7 nitrogen and oxygen atoms in total. The molecular formula is C20H17BrClN3O4. The van der Waals surface area contributed by atoms with Crippen LogP contribution in [0.2, 0.25) is 0 Å². The summed E-state index contributed by atoms with van der Waals surface area (Å²) in [5.41, 5.74) is 8.30. The van der Waals surface area contributed by atoms with E-state index in [0.717, 1.165) is 11.1 Å². The minimum Gasteiger partial charge on any atom is -0.493 e. The molecule has 0 saturated carbocycles. The zero-order chi connectivity index (χ0) is 21.1. The highest BCUT2D eigenvalue weighted by molar-refractivity contribution is 9.10. The van der Waals surface area contributed by atoms with E-state index in [-0.39, 0.29) is 23.2 Å². The number of carbonyl (C=O) groups excluding carboxylic acids is 1. The average molecular weight is 479 g/mol. The van der Waals surface area contributed by atoms with Crippen LogP contribution in [0.25, 0.3) is 0 Å². The van der Waals surface area contributed by atoms with Gasteiger partial charge in [-0.15, -0.1) is 11.6 Å². The molecule has 150 valence electrons. The number of allylic oxidation sites excluding steroid dienone is 1. The van der Waals surface area contributed by atoms with Crippen LogP contribution in [0.5, 0.6) is 17.2 Å². The molecule has 2 aromatic rings. The molecule has 1 atom stereocenters. The van der Waals surface area contributed by atoms with Gasteiger partial charge in [0.05, 0.1) is 24.6 Å². The number of hydrogen-bond donors (Lipinski definition) is 2. The Morgan fingerprint density at radius 3 is 2.72 bits per heavy atom. The van der Waals surface area contributed by atoms with Gasteiger partial charge < -0.3 is 25.3 Å². The molecule has 1 heterocycles. The molecule has 0 bridgehead atoms. The second-order valence-electron chi connectivity index (χ2n) is 6.10. The van der Waals surface area contributed by atoms with E-state index in [2.05, 4.69) is 27.3 Å². The third kappa shape index (κ3) is 3.97. The Bertz CT molecular complexity index is 1050. The number of hydrogen-bond acceptors (Lipinski definition) is 6. The summed E-state index contributed by atoms with van der Waals surface area (Å²) in [6, 6.07) is 10.9. The molecule has 0 fully saturated rings. The molecule has 1 aliphatic heterocycles. The number of benzene rings is 2. The van der Waals surface area contributed by atoms with E-state index < -0.39 is 5.92 Å². The quantitative estimate of drug-likeness (QED) is 0.632. The van der Waals surface area contributed by atoms with Gasteiger partial charge >= 0.3 is 0 Å². The van der Waals surface area contributed by atoms with E-state index in [9.17, 15) is 10.1 Å². The molecule has 29 heavy (non-hydrogen) atoms. The monoisotopic (exact) mass is 477 g/mol. The van der Waals surface area contributed by atoms with Crippen LogP contribution in [0.3, 0.4) is 0 Å². The molecule has 9 heteroatoms. The molecule has 0 aliphatic carbocycles. The Morgan fingerprint density at radius 2 is 2.10 bits per heavy atom.